The normalized spacial score (nSPS) is 17.1. The van der Waals surface area contributed by atoms with Crippen molar-refractivity contribution >= 4 is 27.8 Å². The topological polar surface area (TPSA) is 101 Å². The number of imide groups is 1. The molecular weight excluding hydrogens is 456 g/mol. The van der Waals surface area contributed by atoms with Crippen molar-refractivity contribution in [1.82, 2.24) is 9.21 Å². The quantitative estimate of drug-likeness (QED) is 0.324. The Hall–Kier alpha value is -3.04. The Morgan fingerprint density at radius 1 is 0.941 bits per heavy atom. The first-order valence-corrected chi connectivity index (χ1v) is 13.0. The molecule has 0 spiro atoms. The third-order valence-electron chi connectivity index (χ3n) is 6.36. The lowest BCUT2D eigenvalue weighted by Crippen LogP contribution is -2.37. The number of piperidine rings is 1. The molecule has 2 amide bonds. The molecule has 180 valence electrons. The third-order valence-corrected chi connectivity index (χ3v) is 8.27. The summed E-state index contributed by atoms with van der Waals surface area (Å²) in [5.74, 6) is -0.619. The third kappa shape index (κ3) is 4.90. The molecule has 0 unspecified atom stereocenters. The van der Waals surface area contributed by atoms with Crippen LogP contribution in [-0.4, -0.2) is 61.6 Å². The van der Waals surface area contributed by atoms with E-state index in [2.05, 4.69) is 6.92 Å². The summed E-state index contributed by atoms with van der Waals surface area (Å²) in [6, 6.07) is 12.5. The summed E-state index contributed by atoms with van der Waals surface area (Å²) < 4.78 is 32.4. The number of ether oxygens (including phenoxy) is 1. The molecular formula is C25H28N2O6S. The van der Waals surface area contributed by atoms with Gasteiger partial charge in [-0.3, -0.25) is 14.5 Å². The van der Waals surface area contributed by atoms with Crippen LogP contribution in [0.4, 0.5) is 0 Å². The molecule has 0 N–H and O–H groups in total. The fourth-order valence-corrected chi connectivity index (χ4v) is 5.67. The highest BCUT2D eigenvalue weighted by Crippen LogP contribution is 2.24. The van der Waals surface area contributed by atoms with E-state index in [1.807, 2.05) is 0 Å². The van der Waals surface area contributed by atoms with Crippen molar-refractivity contribution in [1.29, 1.82) is 0 Å². The number of carbonyl (C=O) groups excluding carboxylic acids is 3. The van der Waals surface area contributed by atoms with Gasteiger partial charge in [-0.15, -0.1) is 0 Å². The molecule has 2 aliphatic heterocycles. The predicted octanol–water partition coefficient (Wildman–Crippen LogP) is 3.34. The average Bonchev–Trinajstić information content (AvgIpc) is 3.09. The molecule has 9 heteroatoms. The lowest BCUT2D eigenvalue weighted by atomic mass is 10.0. The fraction of sp³-hybridized carbons (Fsp3) is 0.400. The molecule has 2 heterocycles. The van der Waals surface area contributed by atoms with Crippen molar-refractivity contribution in [2.75, 3.05) is 26.2 Å². The van der Waals surface area contributed by atoms with Gasteiger partial charge in [0.25, 0.3) is 11.8 Å². The summed E-state index contributed by atoms with van der Waals surface area (Å²) in [6.07, 6.45) is 2.68. The van der Waals surface area contributed by atoms with Crippen LogP contribution in [0.25, 0.3) is 0 Å². The lowest BCUT2D eigenvalue weighted by Gasteiger charge is -2.29. The summed E-state index contributed by atoms with van der Waals surface area (Å²) in [7, 11) is -3.57. The van der Waals surface area contributed by atoms with Gasteiger partial charge in [-0.1, -0.05) is 19.1 Å². The van der Waals surface area contributed by atoms with E-state index in [0.717, 1.165) is 12.8 Å². The second kappa shape index (κ2) is 10.1. The Morgan fingerprint density at radius 3 is 2.12 bits per heavy atom. The number of fused-ring (bicyclic) bond motifs is 1. The van der Waals surface area contributed by atoms with Gasteiger partial charge in [0, 0.05) is 19.6 Å². The molecule has 2 aliphatic rings. The number of amides is 2. The maximum atomic E-state index is 12.8. The summed E-state index contributed by atoms with van der Waals surface area (Å²) in [4.78, 5) is 38.4. The van der Waals surface area contributed by atoms with Crippen LogP contribution in [0.5, 0.6) is 0 Å². The molecule has 2 aromatic carbocycles. The highest BCUT2D eigenvalue weighted by atomic mass is 32.2. The zero-order valence-corrected chi connectivity index (χ0v) is 19.9. The van der Waals surface area contributed by atoms with Crippen molar-refractivity contribution in [2.24, 2.45) is 5.92 Å². The van der Waals surface area contributed by atoms with Crippen molar-refractivity contribution < 1.29 is 27.5 Å². The van der Waals surface area contributed by atoms with E-state index in [0.29, 0.717) is 43.0 Å². The number of unbranched alkanes of at least 4 members (excludes halogenated alkanes) is 1. The fourth-order valence-electron chi connectivity index (χ4n) is 4.20. The first kappa shape index (κ1) is 24.1. The minimum Gasteiger partial charge on any atom is -0.462 e. The van der Waals surface area contributed by atoms with Crippen LogP contribution in [0.1, 0.15) is 63.7 Å². The van der Waals surface area contributed by atoms with Gasteiger partial charge in [0.1, 0.15) is 0 Å². The van der Waals surface area contributed by atoms with Crippen LogP contribution < -0.4 is 0 Å². The number of rotatable bonds is 8. The van der Waals surface area contributed by atoms with E-state index < -0.39 is 16.0 Å². The van der Waals surface area contributed by atoms with Gasteiger partial charge in [0.05, 0.1) is 28.2 Å². The van der Waals surface area contributed by atoms with Crippen LogP contribution in [0, 0.1) is 5.92 Å². The molecule has 0 radical (unpaired) electrons. The highest BCUT2D eigenvalue weighted by molar-refractivity contribution is 7.89. The molecule has 4 rings (SSSR count). The number of nitrogens with zero attached hydrogens (tertiary/aromatic N) is 2. The van der Waals surface area contributed by atoms with Crippen LogP contribution in [0.3, 0.4) is 0 Å². The monoisotopic (exact) mass is 484 g/mol. The standard InChI is InChI=1S/C25H28N2O6S/c1-18-12-15-26(16-13-18)34(31,32)20-10-8-19(9-11-20)25(30)33-17-5-4-14-27-23(28)21-6-2-3-7-22(21)24(27)29/h2-3,6-11,18H,4-5,12-17H2,1H3. The smallest absolute Gasteiger partial charge is 0.338 e. The number of hydrogen-bond donors (Lipinski definition) is 0. The first-order chi connectivity index (χ1) is 16.3. The summed E-state index contributed by atoms with van der Waals surface area (Å²) in [6.45, 7) is 3.52. The Morgan fingerprint density at radius 2 is 1.53 bits per heavy atom. The molecule has 2 aromatic rings. The van der Waals surface area contributed by atoms with Gasteiger partial charge >= 0.3 is 5.97 Å². The zero-order valence-electron chi connectivity index (χ0n) is 19.1. The van der Waals surface area contributed by atoms with E-state index in [-0.39, 0.29) is 35.4 Å². The first-order valence-electron chi connectivity index (χ1n) is 11.5. The van der Waals surface area contributed by atoms with Crippen LogP contribution in [0.2, 0.25) is 0 Å². The van der Waals surface area contributed by atoms with Crippen molar-refractivity contribution in [3.05, 3.63) is 65.2 Å². The molecule has 8 nitrogen and oxygen atoms in total. The van der Waals surface area contributed by atoms with E-state index >= 15 is 0 Å². The minimum atomic E-state index is -3.57. The summed E-state index contributed by atoms with van der Waals surface area (Å²) in [5, 5.41) is 0. The average molecular weight is 485 g/mol. The Labute approximate surface area is 199 Å². The van der Waals surface area contributed by atoms with Gasteiger partial charge in [-0.05, 0) is 68.0 Å². The van der Waals surface area contributed by atoms with E-state index in [4.69, 9.17) is 4.74 Å². The Balaban J connectivity index is 1.23. The van der Waals surface area contributed by atoms with E-state index in [1.165, 1.54) is 33.5 Å². The van der Waals surface area contributed by atoms with Crippen molar-refractivity contribution in [2.45, 2.75) is 37.5 Å². The van der Waals surface area contributed by atoms with E-state index in [9.17, 15) is 22.8 Å². The Bertz CT molecular complexity index is 1150. The molecule has 1 saturated heterocycles. The minimum absolute atomic E-state index is 0.133. The van der Waals surface area contributed by atoms with Gasteiger partial charge < -0.3 is 4.74 Å². The second-order valence-electron chi connectivity index (χ2n) is 8.76. The van der Waals surface area contributed by atoms with Crippen LogP contribution >= 0.6 is 0 Å². The number of sulfonamides is 1. The number of esters is 1. The molecule has 0 aromatic heterocycles. The van der Waals surface area contributed by atoms with Crippen molar-refractivity contribution in [3.63, 3.8) is 0 Å². The van der Waals surface area contributed by atoms with Crippen LogP contribution in [-0.2, 0) is 14.8 Å². The zero-order chi connectivity index (χ0) is 24.3. The van der Waals surface area contributed by atoms with E-state index in [1.54, 1.807) is 24.3 Å². The SMILES string of the molecule is CC1CCN(S(=O)(=O)c2ccc(C(=O)OCCCCN3C(=O)c4ccccc4C3=O)cc2)CC1. The number of carbonyl (C=O) groups is 3. The molecule has 34 heavy (non-hydrogen) atoms. The lowest BCUT2D eigenvalue weighted by molar-refractivity contribution is 0.0485. The summed E-state index contributed by atoms with van der Waals surface area (Å²) in [5.41, 5.74) is 1.10. The van der Waals surface area contributed by atoms with Crippen molar-refractivity contribution in [3.8, 4) is 0 Å². The number of benzene rings is 2. The largest absolute Gasteiger partial charge is 0.462 e. The molecule has 0 bridgehead atoms. The molecule has 1 fully saturated rings. The summed E-state index contributed by atoms with van der Waals surface area (Å²) >= 11 is 0. The second-order valence-corrected chi connectivity index (χ2v) is 10.7. The maximum Gasteiger partial charge on any atom is 0.338 e. The molecule has 0 aliphatic carbocycles. The predicted molar refractivity (Wildman–Crippen MR) is 125 cm³/mol. The maximum absolute atomic E-state index is 12.8. The highest BCUT2D eigenvalue weighted by Gasteiger charge is 2.34. The number of hydrogen-bond acceptors (Lipinski definition) is 6. The molecule has 0 atom stereocenters. The van der Waals surface area contributed by atoms with Gasteiger partial charge in [0.2, 0.25) is 10.0 Å². The van der Waals surface area contributed by atoms with Gasteiger partial charge in [-0.2, -0.15) is 4.31 Å². The molecule has 0 saturated carbocycles. The van der Waals surface area contributed by atoms with Crippen LogP contribution in [0.15, 0.2) is 53.4 Å². The Kier molecular flexibility index (Phi) is 7.13. The van der Waals surface area contributed by atoms with Gasteiger partial charge in [-0.25, -0.2) is 13.2 Å². The van der Waals surface area contributed by atoms with Gasteiger partial charge in [0.15, 0.2) is 0 Å².